The quantitative estimate of drug-likeness (QED) is 0.863. The van der Waals surface area contributed by atoms with E-state index in [9.17, 15) is 4.39 Å². The van der Waals surface area contributed by atoms with Crippen molar-refractivity contribution in [1.29, 1.82) is 0 Å². The Morgan fingerprint density at radius 3 is 2.71 bits per heavy atom. The van der Waals surface area contributed by atoms with Crippen LogP contribution in [0.4, 0.5) is 10.1 Å². The van der Waals surface area contributed by atoms with Crippen LogP contribution < -0.4 is 10.6 Å². The highest BCUT2D eigenvalue weighted by molar-refractivity contribution is 5.98. The minimum absolute atomic E-state index is 0.267. The molecular formula is C12H16FN3O. The molecule has 0 aliphatic carbocycles. The first kappa shape index (κ1) is 11.9. The molecule has 1 aliphatic rings. The normalized spacial score (nSPS) is 23.9. The highest BCUT2D eigenvalue weighted by Crippen LogP contribution is 2.28. The van der Waals surface area contributed by atoms with Gasteiger partial charge >= 0.3 is 0 Å². The molecule has 17 heavy (non-hydrogen) atoms. The average Bonchev–Trinajstić information content (AvgIpc) is 2.57. The Morgan fingerprint density at radius 2 is 2.12 bits per heavy atom. The van der Waals surface area contributed by atoms with Crippen LogP contribution >= 0.6 is 0 Å². The van der Waals surface area contributed by atoms with E-state index in [1.54, 1.807) is 19.2 Å². The molecule has 1 unspecified atom stereocenters. The number of nitrogens with zero attached hydrogens (tertiary/aromatic N) is 2. The number of anilines is 1. The van der Waals surface area contributed by atoms with Crippen molar-refractivity contribution in [3.8, 4) is 0 Å². The molecule has 2 N–H and O–H groups in total. The molecule has 92 valence electrons. The monoisotopic (exact) mass is 237 g/mol. The van der Waals surface area contributed by atoms with Gasteiger partial charge in [-0.2, -0.15) is 0 Å². The fourth-order valence-electron chi connectivity index (χ4n) is 2.12. The number of aliphatic imine (C=N–C) groups is 1. The number of halogens is 1. The number of benzene rings is 1. The number of methoxy groups -OCH3 is 1. The van der Waals surface area contributed by atoms with Gasteiger partial charge in [0, 0.05) is 12.8 Å². The summed E-state index contributed by atoms with van der Waals surface area (Å²) in [6, 6.07) is 6.20. The maximum Gasteiger partial charge on any atom is 0.196 e. The third-order valence-electron chi connectivity index (χ3n) is 2.89. The summed E-state index contributed by atoms with van der Waals surface area (Å²) in [5, 5.41) is 0. The Labute approximate surface area is 99.9 Å². The predicted octanol–water partition coefficient (Wildman–Crippen LogP) is 1.37. The van der Waals surface area contributed by atoms with Crippen LogP contribution in [0.15, 0.2) is 29.3 Å². The van der Waals surface area contributed by atoms with Gasteiger partial charge in [0.15, 0.2) is 5.96 Å². The van der Waals surface area contributed by atoms with E-state index >= 15 is 0 Å². The smallest absolute Gasteiger partial charge is 0.196 e. The molecule has 5 heteroatoms. The topological polar surface area (TPSA) is 50.9 Å². The van der Waals surface area contributed by atoms with E-state index in [-0.39, 0.29) is 11.4 Å². The molecule has 1 heterocycles. The fraction of sp³-hybridized carbons (Fsp3) is 0.417. The number of guanidine groups is 1. The first-order valence-electron chi connectivity index (χ1n) is 5.41. The highest BCUT2D eigenvalue weighted by atomic mass is 19.1. The van der Waals surface area contributed by atoms with Crippen LogP contribution in [0.3, 0.4) is 0 Å². The number of nitrogens with two attached hydrogens (primary N) is 1. The first-order chi connectivity index (χ1) is 8.07. The van der Waals surface area contributed by atoms with E-state index in [4.69, 9.17) is 10.5 Å². The molecule has 1 aliphatic heterocycles. The lowest BCUT2D eigenvalue weighted by Crippen LogP contribution is -2.52. The molecule has 4 nitrogen and oxygen atoms in total. The molecule has 0 saturated carbocycles. The Hall–Kier alpha value is -1.62. The lowest BCUT2D eigenvalue weighted by atomic mass is 10.0. The summed E-state index contributed by atoms with van der Waals surface area (Å²) >= 11 is 0. The zero-order valence-electron chi connectivity index (χ0n) is 9.98. The van der Waals surface area contributed by atoms with E-state index in [1.807, 2.05) is 11.8 Å². The summed E-state index contributed by atoms with van der Waals surface area (Å²) in [6.07, 6.45) is 0. The van der Waals surface area contributed by atoms with Gasteiger partial charge in [0.2, 0.25) is 0 Å². The van der Waals surface area contributed by atoms with Gasteiger partial charge in [-0.3, -0.25) is 4.99 Å². The molecule has 0 amide bonds. The van der Waals surface area contributed by atoms with Crippen molar-refractivity contribution in [3.63, 3.8) is 0 Å². The maximum absolute atomic E-state index is 12.9. The summed E-state index contributed by atoms with van der Waals surface area (Å²) in [5.74, 6) is 0.174. The van der Waals surface area contributed by atoms with Gasteiger partial charge in [-0.15, -0.1) is 0 Å². The molecule has 0 saturated heterocycles. The van der Waals surface area contributed by atoms with Gasteiger partial charge in [0.25, 0.3) is 0 Å². The summed E-state index contributed by atoms with van der Waals surface area (Å²) in [5.41, 5.74) is 6.40. The van der Waals surface area contributed by atoms with Gasteiger partial charge in [-0.05, 0) is 31.2 Å². The third kappa shape index (κ3) is 2.10. The molecule has 1 atom stereocenters. The zero-order chi connectivity index (χ0) is 12.5. The Morgan fingerprint density at radius 1 is 1.47 bits per heavy atom. The van der Waals surface area contributed by atoms with Gasteiger partial charge in [-0.25, -0.2) is 4.39 Å². The van der Waals surface area contributed by atoms with Crippen LogP contribution in [0.1, 0.15) is 6.92 Å². The van der Waals surface area contributed by atoms with Crippen molar-refractivity contribution >= 4 is 11.6 Å². The fourth-order valence-corrected chi connectivity index (χ4v) is 2.12. The molecule has 0 spiro atoms. The van der Waals surface area contributed by atoms with Crippen LogP contribution in [-0.2, 0) is 4.74 Å². The van der Waals surface area contributed by atoms with Gasteiger partial charge in [0.1, 0.15) is 5.82 Å². The molecule has 0 fully saturated rings. The van der Waals surface area contributed by atoms with Crippen LogP contribution in [0.2, 0.25) is 0 Å². The van der Waals surface area contributed by atoms with Crippen molar-refractivity contribution < 1.29 is 9.13 Å². The second-order valence-electron chi connectivity index (χ2n) is 4.42. The molecule has 1 aromatic rings. The Bertz CT molecular complexity index is 432. The van der Waals surface area contributed by atoms with Crippen molar-refractivity contribution in [2.24, 2.45) is 10.7 Å². The number of hydrogen-bond donors (Lipinski definition) is 1. The van der Waals surface area contributed by atoms with Crippen molar-refractivity contribution in [2.75, 3.05) is 25.2 Å². The summed E-state index contributed by atoms with van der Waals surface area (Å²) in [4.78, 5) is 6.12. The highest BCUT2D eigenvalue weighted by Gasteiger charge is 2.39. The van der Waals surface area contributed by atoms with Crippen LogP contribution in [-0.4, -0.2) is 31.8 Å². The molecule has 0 radical (unpaired) electrons. The Balaban J connectivity index is 2.33. The second-order valence-corrected chi connectivity index (χ2v) is 4.42. The Kier molecular flexibility index (Phi) is 3.02. The third-order valence-corrected chi connectivity index (χ3v) is 2.89. The molecular weight excluding hydrogens is 221 g/mol. The van der Waals surface area contributed by atoms with E-state index in [2.05, 4.69) is 4.99 Å². The molecule has 0 aromatic heterocycles. The summed E-state index contributed by atoms with van der Waals surface area (Å²) in [7, 11) is 1.64. The van der Waals surface area contributed by atoms with E-state index in [0.29, 0.717) is 19.1 Å². The van der Waals surface area contributed by atoms with Crippen molar-refractivity contribution in [2.45, 2.75) is 12.5 Å². The number of hydrogen-bond acceptors (Lipinski definition) is 4. The van der Waals surface area contributed by atoms with Gasteiger partial charge < -0.3 is 15.4 Å². The van der Waals surface area contributed by atoms with E-state index in [1.165, 1.54) is 12.1 Å². The molecule has 1 aromatic carbocycles. The first-order valence-corrected chi connectivity index (χ1v) is 5.41. The second kappa shape index (κ2) is 4.33. The SMILES string of the molecule is COCC1(C)CN=C(N)N1c1ccc(F)cc1. The van der Waals surface area contributed by atoms with Crippen molar-refractivity contribution in [1.82, 2.24) is 0 Å². The lowest BCUT2D eigenvalue weighted by Gasteiger charge is -2.35. The number of ether oxygens (including phenoxy) is 1. The minimum atomic E-state index is -0.309. The zero-order valence-corrected chi connectivity index (χ0v) is 9.98. The summed E-state index contributed by atoms with van der Waals surface area (Å²) < 4.78 is 18.1. The van der Waals surface area contributed by atoms with E-state index in [0.717, 1.165) is 5.69 Å². The molecule has 2 rings (SSSR count). The number of rotatable bonds is 3. The van der Waals surface area contributed by atoms with Gasteiger partial charge in [-0.1, -0.05) is 0 Å². The van der Waals surface area contributed by atoms with Crippen LogP contribution in [0, 0.1) is 5.82 Å². The van der Waals surface area contributed by atoms with Crippen molar-refractivity contribution in [3.05, 3.63) is 30.1 Å². The van der Waals surface area contributed by atoms with Crippen LogP contribution in [0.5, 0.6) is 0 Å². The largest absolute Gasteiger partial charge is 0.382 e. The van der Waals surface area contributed by atoms with Crippen LogP contribution in [0.25, 0.3) is 0 Å². The predicted molar refractivity (Wildman–Crippen MR) is 65.6 cm³/mol. The standard InChI is InChI=1S/C12H16FN3O/c1-12(8-17-2)7-15-11(14)16(12)10-5-3-9(13)4-6-10/h3-6H,7-8H2,1-2H3,(H2,14,15). The lowest BCUT2D eigenvalue weighted by molar-refractivity contribution is 0.149. The molecule has 0 bridgehead atoms. The van der Waals surface area contributed by atoms with Gasteiger partial charge in [0.05, 0.1) is 18.7 Å². The maximum atomic E-state index is 12.9. The minimum Gasteiger partial charge on any atom is -0.382 e. The van der Waals surface area contributed by atoms with E-state index < -0.39 is 0 Å². The average molecular weight is 237 g/mol. The summed E-state index contributed by atoms with van der Waals surface area (Å²) in [6.45, 7) is 3.10.